The minimum Gasteiger partial charge on any atom is -0.394 e. The van der Waals surface area contributed by atoms with Crippen molar-refractivity contribution >= 4 is 17.5 Å². The second-order valence-corrected chi connectivity index (χ2v) is 11.3. The Morgan fingerprint density at radius 2 is 0.725 bits per heavy atom. The fraction of sp³-hybridized carbons (Fsp3) is 0.556. The first-order chi connectivity index (χ1) is 24.1. The third-order valence-electron chi connectivity index (χ3n) is 7.93. The smallest absolute Gasteiger partial charge is 0.351 e. The van der Waals surface area contributed by atoms with Crippen LogP contribution in [0.1, 0.15) is 18.7 Å². The number of ether oxygens (including phenoxy) is 3. The SMILES string of the molecule is Nc1ccn([C@@H]2O[C@H](CO)[C@@H](O)[C@@H]2O)c(=O)n1.Nc1ccn([C@@H]2O[C@H](CO)[C@@H](O)[C@@H]2O)c(=O)n1.Nc1ccn([C@@H]2O[C@H](CO)[C@@H](O)[C@@H]2O)c(=O)n1. The zero-order valence-corrected chi connectivity index (χ0v) is 26.4. The molecule has 3 fully saturated rings. The van der Waals surface area contributed by atoms with Crippen molar-refractivity contribution < 1.29 is 60.2 Å². The van der Waals surface area contributed by atoms with Crippen molar-refractivity contribution in [2.75, 3.05) is 37.0 Å². The maximum absolute atomic E-state index is 11.5. The molecule has 0 aliphatic carbocycles. The van der Waals surface area contributed by atoms with Gasteiger partial charge in [-0.15, -0.1) is 0 Å². The van der Waals surface area contributed by atoms with E-state index in [9.17, 15) is 45.0 Å². The third kappa shape index (κ3) is 8.55. The molecule has 3 aromatic heterocycles. The maximum atomic E-state index is 11.5. The molecule has 6 heterocycles. The van der Waals surface area contributed by atoms with Crippen LogP contribution in [0.5, 0.6) is 0 Å². The zero-order chi connectivity index (χ0) is 37.7. The van der Waals surface area contributed by atoms with Gasteiger partial charge in [-0.05, 0) is 18.2 Å². The number of aromatic nitrogens is 6. The highest BCUT2D eigenvalue weighted by atomic mass is 16.6. The summed E-state index contributed by atoms with van der Waals surface area (Å²) < 4.78 is 18.6. The molecule has 15 N–H and O–H groups in total. The molecule has 12 atom stereocenters. The normalized spacial score (nSPS) is 32.9. The van der Waals surface area contributed by atoms with Gasteiger partial charge >= 0.3 is 17.1 Å². The number of nitrogen functional groups attached to an aromatic ring is 3. The Kier molecular flexibility index (Phi) is 12.9. The number of hydrogen-bond acceptors (Lipinski definition) is 21. The quantitative estimate of drug-likeness (QED) is 0.112. The van der Waals surface area contributed by atoms with E-state index in [0.29, 0.717) is 0 Å². The predicted octanol–water partition coefficient (Wildman–Crippen LogP) is -7.69. The largest absolute Gasteiger partial charge is 0.394 e. The standard InChI is InChI=1S/3C9H13N3O5/c3*10-5-1-2-12(9(16)11-5)8-7(15)6(14)4(3-13)17-8/h3*1-2,4,6-8,13-15H,3H2,(H2,10,11,16)/t3*4-,6-,7+,8-/m111/s1. The highest BCUT2D eigenvalue weighted by Gasteiger charge is 2.45. The second-order valence-electron chi connectivity index (χ2n) is 11.3. The number of nitrogens with two attached hydrogens (primary N) is 3. The summed E-state index contributed by atoms with van der Waals surface area (Å²) in [5, 5.41) is 84.5. The summed E-state index contributed by atoms with van der Waals surface area (Å²) in [6, 6.07) is 4.11. The van der Waals surface area contributed by atoms with E-state index in [0.717, 1.165) is 13.7 Å². The molecule has 51 heavy (non-hydrogen) atoms. The molecule has 3 aromatic rings. The van der Waals surface area contributed by atoms with E-state index in [2.05, 4.69) is 15.0 Å². The molecule has 0 unspecified atom stereocenters. The van der Waals surface area contributed by atoms with E-state index in [1.165, 1.54) is 36.8 Å². The van der Waals surface area contributed by atoms with Crippen LogP contribution in [0.2, 0.25) is 0 Å². The zero-order valence-electron chi connectivity index (χ0n) is 26.4. The predicted molar refractivity (Wildman–Crippen MR) is 168 cm³/mol. The van der Waals surface area contributed by atoms with Gasteiger partial charge < -0.3 is 77.4 Å². The van der Waals surface area contributed by atoms with Gasteiger partial charge in [0.15, 0.2) is 18.7 Å². The summed E-state index contributed by atoms with van der Waals surface area (Å²) in [7, 11) is 0. The van der Waals surface area contributed by atoms with Gasteiger partial charge in [-0.2, -0.15) is 15.0 Å². The fourth-order valence-corrected chi connectivity index (χ4v) is 5.19. The summed E-state index contributed by atoms with van der Waals surface area (Å²) >= 11 is 0. The summed E-state index contributed by atoms with van der Waals surface area (Å²) in [6.07, 6.45) is -9.80. The van der Waals surface area contributed by atoms with Gasteiger partial charge in [-0.1, -0.05) is 0 Å². The Bertz CT molecular complexity index is 1590. The average Bonchev–Trinajstić information content (AvgIpc) is 3.66. The van der Waals surface area contributed by atoms with E-state index in [1.807, 2.05) is 0 Å². The fourth-order valence-electron chi connectivity index (χ4n) is 5.19. The number of aliphatic hydroxyl groups is 9. The van der Waals surface area contributed by atoms with Crippen LogP contribution in [0, 0.1) is 0 Å². The van der Waals surface area contributed by atoms with Gasteiger partial charge in [0.25, 0.3) is 0 Å². The van der Waals surface area contributed by atoms with Crippen LogP contribution in [0.15, 0.2) is 51.2 Å². The molecular formula is C27H39N9O15. The Labute approximate surface area is 285 Å². The Balaban J connectivity index is 0.000000172. The molecule has 0 aromatic carbocycles. The molecule has 0 saturated carbocycles. The molecule has 3 aliphatic heterocycles. The molecule has 3 saturated heterocycles. The van der Waals surface area contributed by atoms with E-state index in [-0.39, 0.29) is 17.5 Å². The molecule has 24 nitrogen and oxygen atoms in total. The lowest BCUT2D eigenvalue weighted by molar-refractivity contribution is -0.0549. The minimum atomic E-state index is -1.31. The first kappa shape index (κ1) is 39.3. The molecule has 0 amide bonds. The van der Waals surface area contributed by atoms with Gasteiger partial charge in [0.1, 0.15) is 72.4 Å². The van der Waals surface area contributed by atoms with Crippen LogP contribution in [-0.4, -0.2) is 149 Å². The van der Waals surface area contributed by atoms with Crippen molar-refractivity contribution in [2.45, 2.75) is 73.6 Å². The Hall–Kier alpha value is -4.44. The van der Waals surface area contributed by atoms with Crippen LogP contribution in [0.25, 0.3) is 0 Å². The minimum absolute atomic E-state index is 0.0537. The monoisotopic (exact) mass is 729 g/mol. The maximum Gasteiger partial charge on any atom is 0.351 e. The summed E-state index contributed by atoms with van der Waals surface area (Å²) in [4.78, 5) is 45.0. The van der Waals surface area contributed by atoms with Crippen molar-refractivity contribution in [1.29, 1.82) is 0 Å². The molecule has 3 aliphatic rings. The van der Waals surface area contributed by atoms with Gasteiger partial charge in [0.05, 0.1) is 19.8 Å². The topological polar surface area (TPSA) is 392 Å². The number of rotatable bonds is 6. The number of hydrogen-bond donors (Lipinski definition) is 12. The van der Waals surface area contributed by atoms with Crippen molar-refractivity contribution in [3.8, 4) is 0 Å². The van der Waals surface area contributed by atoms with Crippen LogP contribution in [-0.2, 0) is 14.2 Å². The summed E-state index contributed by atoms with van der Waals surface area (Å²) in [5.74, 6) is 0.161. The van der Waals surface area contributed by atoms with Crippen molar-refractivity contribution in [3.63, 3.8) is 0 Å². The lowest BCUT2D eigenvalue weighted by Gasteiger charge is -2.16. The van der Waals surface area contributed by atoms with Gasteiger partial charge in [0, 0.05) is 18.6 Å². The molecule has 0 bridgehead atoms. The Morgan fingerprint density at radius 1 is 0.490 bits per heavy atom. The van der Waals surface area contributed by atoms with Gasteiger partial charge in [-0.3, -0.25) is 13.7 Å². The number of anilines is 3. The molecule has 0 spiro atoms. The lowest BCUT2D eigenvalue weighted by Crippen LogP contribution is -2.36. The third-order valence-corrected chi connectivity index (χ3v) is 7.93. The highest BCUT2D eigenvalue weighted by molar-refractivity contribution is 5.25. The van der Waals surface area contributed by atoms with Crippen molar-refractivity contribution in [1.82, 2.24) is 28.7 Å². The van der Waals surface area contributed by atoms with Crippen molar-refractivity contribution in [3.05, 3.63) is 68.2 Å². The molecule has 24 heteroatoms. The van der Waals surface area contributed by atoms with Crippen LogP contribution in [0.4, 0.5) is 17.5 Å². The van der Waals surface area contributed by atoms with Gasteiger partial charge in [0.2, 0.25) is 0 Å². The van der Waals surface area contributed by atoms with Gasteiger partial charge in [-0.25, -0.2) is 14.4 Å². The van der Waals surface area contributed by atoms with Crippen LogP contribution >= 0.6 is 0 Å². The Morgan fingerprint density at radius 3 is 0.902 bits per heavy atom. The van der Waals surface area contributed by atoms with Crippen LogP contribution in [0.3, 0.4) is 0 Å². The highest BCUT2D eigenvalue weighted by Crippen LogP contribution is 2.30. The number of nitrogens with zero attached hydrogens (tertiary/aromatic N) is 6. The molecule has 282 valence electrons. The lowest BCUT2D eigenvalue weighted by atomic mass is 10.1. The summed E-state index contributed by atoms with van der Waals surface area (Å²) in [6.45, 7) is -1.36. The first-order valence-electron chi connectivity index (χ1n) is 15.0. The van der Waals surface area contributed by atoms with E-state index in [4.69, 9.17) is 46.7 Å². The second kappa shape index (κ2) is 16.7. The molecule has 0 radical (unpaired) electrons. The summed E-state index contributed by atoms with van der Waals surface area (Å²) in [5.41, 5.74) is 13.9. The van der Waals surface area contributed by atoms with Crippen LogP contribution < -0.4 is 34.3 Å². The average molecular weight is 730 g/mol. The molecular weight excluding hydrogens is 690 g/mol. The van der Waals surface area contributed by atoms with E-state index in [1.54, 1.807) is 0 Å². The molecule has 6 rings (SSSR count). The number of aliphatic hydroxyl groups excluding tert-OH is 9. The van der Waals surface area contributed by atoms with E-state index < -0.39 is 111 Å². The first-order valence-corrected chi connectivity index (χ1v) is 15.0. The van der Waals surface area contributed by atoms with E-state index >= 15 is 0 Å². The van der Waals surface area contributed by atoms with Crippen molar-refractivity contribution in [2.24, 2.45) is 0 Å².